The maximum atomic E-state index is 14.2. The summed E-state index contributed by atoms with van der Waals surface area (Å²) in [5.74, 6) is 0.153. The smallest absolute Gasteiger partial charge is 0.330 e. The minimum absolute atomic E-state index is 0.229. The lowest BCUT2D eigenvalue weighted by atomic mass is 9.81. The molecule has 2 heterocycles. The van der Waals surface area contributed by atoms with Crippen molar-refractivity contribution in [1.29, 1.82) is 0 Å². The highest BCUT2D eigenvalue weighted by atomic mass is 16.5. The van der Waals surface area contributed by atoms with Crippen molar-refractivity contribution in [1.82, 2.24) is 9.88 Å². The summed E-state index contributed by atoms with van der Waals surface area (Å²) in [5.41, 5.74) is 5.66. The number of nitrogens with zero attached hydrogens (tertiary/aromatic N) is 1. The van der Waals surface area contributed by atoms with Crippen LogP contribution in [0.2, 0.25) is 0 Å². The Labute approximate surface area is 281 Å². The standard InChI is InChI=1S/C40H43N3O5/c1-2-47-33(44)22-17-27-15-18-30(19-16-27)41-39(46)40(23-9-10-24-40)42-38(45)32-21-20-31-34(28-11-5-3-6-12-28)35(29-13-7-4-8-14-29)43-25-26-48-37(32)36(31)43/h4,7-8,13-22,28H,2-3,5-6,9-12,23-26H2,1H3,(H,41,46)(H,42,45). The molecule has 4 aromatic rings. The number of rotatable bonds is 9. The molecule has 0 saturated heterocycles. The highest BCUT2D eigenvalue weighted by Gasteiger charge is 2.43. The van der Waals surface area contributed by atoms with Crippen LogP contribution in [0, 0.1) is 0 Å². The highest BCUT2D eigenvalue weighted by molar-refractivity contribution is 6.09. The molecule has 1 aromatic heterocycles. The number of carbonyl (C=O) groups is 3. The van der Waals surface area contributed by atoms with Gasteiger partial charge in [0.15, 0.2) is 5.75 Å². The monoisotopic (exact) mass is 645 g/mol. The van der Waals surface area contributed by atoms with Crippen LogP contribution in [-0.2, 0) is 20.9 Å². The first kappa shape index (κ1) is 31.7. The average Bonchev–Trinajstić information content (AvgIpc) is 3.73. The van der Waals surface area contributed by atoms with E-state index in [4.69, 9.17) is 9.47 Å². The number of hydrogen-bond donors (Lipinski definition) is 2. The molecule has 2 N–H and O–H groups in total. The van der Waals surface area contributed by atoms with Gasteiger partial charge in [0.1, 0.15) is 12.1 Å². The van der Waals surface area contributed by atoms with E-state index >= 15 is 0 Å². The van der Waals surface area contributed by atoms with Gasteiger partial charge >= 0.3 is 5.97 Å². The minimum Gasteiger partial charge on any atom is -0.489 e. The fourth-order valence-corrected chi connectivity index (χ4v) is 7.90. The number of ether oxygens (including phenoxy) is 2. The first-order valence-corrected chi connectivity index (χ1v) is 17.4. The van der Waals surface area contributed by atoms with Gasteiger partial charge in [0.2, 0.25) is 5.91 Å². The predicted molar refractivity (Wildman–Crippen MR) is 188 cm³/mol. The Hall–Kier alpha value is -4.85. The van der Waals surface area contributed by atoms with Crippen LogP contribution in [0.5, 0.6) is 5.75 Å². The van der Waals surface area contributed by atoms with Crippen molar-refractivity contribution < 1.29 is 23.9 Å². The van der Waals surface area contributed by atoms with Crippen molar-refractivity contribution in [2.75, 3.05) is 18.5 Å². The van der Waals surface area contributed by atoms with E-state index < -0.39 is 11.5 Å². The molecule has 2 fully saturated rings. The van der Waals surface area contributed by atoms with Crippen LogP contribution in [0.25, 0.3) is 28.2 Å². The number of esters is 1. The molecule has 0 radical (unpaired) electrons. The first-order chi connectivity index (χ1) is 23.5. The number of amides is 2. The Balaban J connectivity index is 1.18. The minimum atomic E-state index is -1.03. The lowest BCUT2D eigenvalue weighted by Crippen LogP contribution is -2.55. The second kappa shape index (κ2) is 13.7. The first-order valence-electron chi connectivity index (χ1n) is 17.4. The van der Waals surface area contributed by atoms with Crippen molar-refractivity contribution in [2.24, 2.45) is 0 Å². The van der Waals surface area contributed by atoms with E-state index in [1.807, 2.05) is 18.2 Å². The third-order valence-corrected chi connectivity index (χ3v) is 10.2. The van der Waals surface area contributed by atoms with E-state index in [0.29, 0.717) is 49.0 Å². The molecule has 3 aliphatic rings. The van der Waals surface area contributed by atoms with Gasteiger partial charge < -0.3 is 24.7 Å². The molecule has 0 bridgehead atoms. The molecule has 2 saturated carbocycles. The molecule has 0 unspecified atom stereocenters. The SMILES string of the molecule is CCOC(=O)C=Cc1ccc(NC(=O)C2(NC(=O)c3ccc4c(C5CCCCC5)c(-c5ccccc5)n5c4c3OCC5)CCCC2)cc1. The highest BCUT2D eigenvalue weighted by Crippen LogP contribution is 2.48. The van der Waals surface area contributed by atoms with Crippen LogP contribution < -0.4 is 15.4 Å². The van der Waals surface area contributed by atoms with Crippen LogP contribution in [0.15, 0.2) is 72.8 Å². The molecule has 0 atom stereocenters. The van der Waals surface area contributed by atoms with Crippen molar-refractivity contribution in [3.8, 4) is 17.0 Å². The van der Waals surface area contributed by atoms with E-state index in [2.05, 4.69) is 51.6 Å². The summed E-state index contributed by atoms with van der Waals surface area (Å²) in [6, 6.07) is 21.8. The summed E-state index contributed by atoms with van der Waals surface area (Å²) < 4.78 is 13.6. The van der Waals surface area contributed by atoms with Gasteiger partial charge in [0.05, 0.1) is 29.9 Å². The summed E-state index contributed by atoms with van der Waals surface area (Å²) in [6.45, 7) is 3.27. The van der Waals surface area contributed by atoms with E-state index in [1.165, 1.54) is 60.4 Å². The summed E-state index contributed by atoms with van der Waals surface area (Å²) in [4.78, 5) is 39.7. The molecule has 0 spiro atoms. The van der Waals surface area contributed by atoms with Gasteiger partial charge in [-0.05, 0) is 79.5 Å². The van der Waals surface area contributed by atoms with Crippen molar-refractivity contribution >= 4 is 40.4 Å². The molecule has 1 aliphatic heterocycles. The molecule has 8 heteroatoms. The lowest BCUT2D eigenvalue weighted by Gasteiger charge is -2.30. The van der Waals surface area contributed by atoms with Gasteiger partial charge in [0.25, 0.3) is 5.91 Å². The second-order valence-electron chi connectivity index (χ2n) is 13.2. The van der Waals surface area contributed by atoms with Crippen molar-refractivity contribution in [3.63, 3.8) is 0 Å². The fourth-order valence-electron chi connectivity index (χ4n) is 7.90. The van der Waals surface area contributed by atoms with Crippen molar-refractivity contribution in [2.45, 2.75) is 82.7 Å². The van der Waals surface area contributed by atoms with Gasteiger partial charge in [-0.15, -0.1) is 0 Å². The molecule has 8 nitrogen and oxygen atoms in total. The van der Waals surface area contributed by atoms with Gasteiger partial charge in [-0.2, -0.15) is 0 Å². The summed E-state index contributed by atoms with van der Waals surface area (Å²) in [5, 5.41) is 7.38. The van der Waals surface area contributed by atoms with Crippen molar-refractivity contribution in [3.05, 3.63) is 89.5 Å². The molecular weight excluding hydrogens is 602 g/mol. The Morgan fingerprint density at radius 3 is 2.42 bits per heavy atom. The Kier molecular flexibility index (Phi) is 9.06. The average molecular weight is 646 g/mol. The zero-order valence-electron chi connectivity index (χ0n) is 27.6. The summed E-state index contributed by atoms with van der Waals surface area (Å²) >= 11 is 0. The Bertz CT molecular complexity index is 1850. The zero-order valence-corrected chi connectivity index (χ0v) is 27.6. The van der Waals surface area contributed by atoms with E-state index in [1.54, 1.807) is 25.1 Å². The third kappa shape index (κ3) is 6.12. The number of benzene rings is 3. The Morgan fingerprint density at radius 2 is 1.69 bits per heavy atom. The zero-order chi connectivity index (χ0) is 33.1. The Morgan fingerprint density at radius 1 is 0.938 bits per heavy atom. The van der Waals surface area contributed by atoms with Crippen LogP contribution >= 0.6 is 0 Å². The number of anilines is 1. The van der Waals surface area contributed by atoms with Crippen LogP contribution in [0.3, 0.4) is 0 Å². The fraction of sp³-hybridized carbons (Fsp3) is 0.375. The maximum absolute atomic E-state index is 14.2. The molecule has 2 aliphatic carbocycles. The number of carbonyl (C=O) groups excluding carboxylic acids is 3. The molecule has 7 rings (SSSR count). The van der Waals surface area contributed by atoms with Crippen LogP contribution in [-0.4, -0.2) is 41.1 Å². The van der Waals surface area contributed by atoms with Gasteiger partial charge in [-0.1, -0.05) is 80.6 Å². The molecular formula is C40H43N3O5. The predicted octanol–water partition coefficient (Wildman–Crippen LogP) is 8.01. The van der Waals surface area contributed by atoms with E-state index in [0.717, 1.165) is 30.5 Å². The third-order valence-electron chi connectivity index (χ3n) is 10.2. The normalized spacial score (nSPS) is 17.3. The van der Waals surface area contributed by atoms with E-state index in [9.17, 15) is 14.4 Å². The largest absolute Gasteiger partial charge is 0.489 e. The number of nitrogens with one attached hydrogen (secondary N) is 2. The molecule has 3 aromatic carbocycles. The number of aromatic nitrogens is 1. The molecule has 2 amide bonds. The maximum Gasteiger partial charge on any atom is 0.330 e. The number of hydrogen-bond acceptors (Lipinski definition) is 5. The van der Waals surface area contributed by atoms with Gasteiger partial charge in [0, 0.05) is 17.1 Å². The van der Waals surface area contributed by atoms with Crippen LogP contribution in [0.4, 0.5) is 5.69 Å². The molecule has 248 valence electrons. The van der Waals surface area contributed by atoms with Gasteiger partial charge in [-0.25, -0.2) is 4.79 Å². The topological polar surface area (TPSA) is 98.7 Å². The lowest BCUT2D eigenvalue weighted by molar-refractivity contribution is -0.137. The van der Waals surface area contributed by atoms with Gasteiger partial charge in [-0.3, -0.25) is 9.59 Å². The summed E-state index contributed by atoms with van der Waals surface area (Å²) in [7, 11) is 0. The summed E-state index contributed by atoms with van der Waals surface area (Å²) in [6.07, 6.45) is 12.0. The quantitative estimate of drug-likeness (QED) is 0.142. The van der Waals surface area contributed by atoms with E-state index in [-0.39, 0.29) is 11.8 Å². The second-order valence-corrected chi connectivity index (χ2v) is 13.2. The molecule has 48 heavy (non-hydrogen) atoms. The van der Waals surface area contributed by atoms with Crippen LogP contribution in [0.1, 0.15) is 92.1 Å².